The molecule has 0 heterocycles. The number of hydrogen-bond donors (Lipinski definition) is 3. The highest BCUT2D eigenvalue weighted by Crippen LogP contribution is 2.57. The third-order valence-corrected chi connectivity index (χ3v) is 6.28. The van der Waals surface area contributed by atoms with Crippen LogP contribution >= 0.6 is 15.6 Å². The van der Waals surface area contributed by atoms with Crippen molar-refractivity contribution in [3.05, 3.63) is 65.3 Å². The van der Waals surface area contributed by atoms with E-state index in [2.05, 4.69) is 47.0 Å². The molecule has 0 aromatic heterocycles. The third-order valence-electron chi connectivity index (χ3n) is 4.13. The second kappa shape index (κ2) is 12.4. The lowest BCUT2D eigenvalue weighted by Crippen LogP contribution is -1.94. The van der Waals surface area contributed by atoms with Crippen LogP contribution in [-0.4, -0.2) is 21.3 Å². The maximum atomic E-state index is 11.3. The highest BCUT2D eigenvalue weighted by Gasteiger charge is 2.31. The van der Waals surface area contributed by atoms with Crippen LogP contribution in [0.15, 0.2) is 59.7 Å². The van der Waals surface area contributed by atoms with Crippen LogP contribution in [0.2, 0.25) is 0 Å². The van der Waals surface area contributed by atoms with E-state index in [0.29, 0.717) is 0 Å². The number of allylic oxidation sites excluding steroid dienone is 5. The molecule has 0 aliphatic carbocycles. The normalized spacial score (nSPS) is 16.0. The predicted octanol–water partition coefficient (Wildman–Crippen LogP) is 5.77. The van der Waals surface area contributed by atoms with Gasteiger partial charge >= 0.3 is 15.6 Å². The summed E-state index contributed by atoms with van der Waals surface area (Å²) in [5.41, 5.74) is 4.72. The van der Waals surface area contributed by atoms with Crippen LogP contribution in [0.25, 0.3) is 5.57 Å². The lowest BCUT2D eigenvalue weighted by atomic mass is 10.0. The smallest absolute Gasteiger partial charge is 0.302 e. The molecule has 9 heteroatoms. The van der Waals surface area contributed by atoms with Crippen molar-refractivity contribution in [2.75, 3.05) is 6.61 Å². The molecule has 0 radical (unpaired) electrons. The van der Waals surface area contributed by atoms with Gasteiger partial charge in [0, 0.05) is 0 Å². The fourth-order valence-corrected chi connectivity index (χ4v) is 4.04. The average Bonchev–Trinajstić information content (AvgIpc) is 2.60. The van der Waals surface area contributed by atoms with Crippen LogP contribution in [0.3, 0.4) is 0 Å². The molecule has 1 unspecified atom stereocenters. The van der Waals surface area contributed by atoms with Gasteiger partial charge < -0.3 is 14.7 Å². The summed E-state index contributed by atoms with van der Waals surface area (Å²) in [6.07, 6.45) is 9.50. The molecule has 0 bridgehead atoms. The first-order valence-corrected chi connectivity index (χ1v) is 12.3. The van der Waals surface area contributed by atoms with E-state index in [0.717, 1.165) is 31.3 Å². The van der Waals surface area contributed by atoms with E-state index in [1.807, 2.05) is 25.1 Å². The largest absolute Gasteiger partial charge is 0.481 e. The van der Waals surface area contributed by atoms with E-state index in [1.54, 1.807) is 6.08 Å². The number of phosphoric ester groups is 1. The van der Waals surface area contributed by atoms with Gasteiger partial charge in [-0.25, -0.2) is 9.13 Å². The number of rotatable bonds is 12. The molecule has 7 nitrogen and oxygen atoms in total. The molecule has 29 heavy (non-hydrogen) atoms. The lowest BCUT2D eigenvalue weighted by molar-refractivity contribution is 0.191. The van der Waals surface area contributed by atoms with E-state index in [9.17, 15) is 14.0 Å². The van der Waals surface area contributed by atoms with Crippen LogP contribution in [0.5, 0.6) is 0 Å². The van der Waals surface area contributed by atoms with E-state index < -0.39 is 15.6 Å². The summed E-state index contributed by atoms with van der Waals surface area (Å²) in [7, 11) is -9.86. The molecule has 0 fully saturated rings. The summed E-state index contributed by atoms with van der Waals surface area (Å²) in [4.78, 5) is 26.2. The number of benzene rings is 1. The van der Waals surface area contributed by atoms with Gasteiger partial charge in [0.15, 0.2) is 0 Å². The molecule has 0 amide bonds. The molecule has 3 N–H and O–H groups in total. The standard InChI is InChI=1S/C20H30O7P2/c1-17(11-8-12-19(3)20-13-5-4-6-14-20)9-7-10-18(2)15-16-26-29(24,25)27-28(21,22)23/h4-6,9,12-15H,7-8,10-11,16H2,1-3H3,(H,24,25)(H2,21,22,23)/b17-9+,18-15+,19-12+. The zero-order chi connectivity index (χ0) is 21.9. The fourth-order valence-electron chi connectivity index (χ4n) is 2.52. The van der Waals surface area contributed by atoms with Crippen molar-refractivity contribution in [3.63, 3.8) is 0 Å². The summed E-state index contributed by atoms with van der Waals surface area (Å²) in [5, 5.41) is 0. The van der Waals surface area contributed by atoms with E-state index in [4.69, 9.17) is 9.79 Å². The van der Waals surface area contributed by atoms with Crippen molar-refractivity contribution in [2.45, 2.75) is 46.5 Å². The molecule has 1 rings (SSSR count). The number of phosphoric acid groups is 2. The van der Waals surface area contributed by atoms with Gasteiger partial charge in [-0.1, -0.05) is 59.7 Å². The average molecular weight is 444 g/mol. The van der Waals surface area contributed by atoms with Gasteiger partial charge in [-0.3, -0.25) is 4.52 Å². The minimum atomic E-state index is -5.08. The van der Waals surface area contributed by atoms with Crippen LogP contribution in [0.4, 0.5) is 0 Å². The molecule has 0 aliphatic rings. The van der Waals surface area contributed by atoms with Gasteiger partial charge in [0.1, 0.15) is 0 Å². The van der Waals surface area contributed by atoms with E-state index in [1.165, 1.54) is 16.7 Å². The monoisotopic (exact) mass is 444 g/mol. The van der Waals surface area contributed by atoms with E-state index in [-0.39, 0.29) is 6.61 Å². The summed E-state index contributed by atoms with van der Waals surface area (Å²) >= 11 is 0. The highest BCUT2D eigenvalue weighted by atomic mass is 31.3. The fraction of sp³-hybridized carbons (Fsp3) is 0.400. The van der Waals surface area contributed by atoms with Crippen molar-refractivity contribution >= 4 is 21.2 Å². The molecule has 1 aromatic rings. The Morgan fingerprint density at radius 2 is 1.45 bits per heavy atom. The van der Waals surface area contributed by atoms with Gasteiger partial charge in [0.05, 0.1) is 6.61 Å². The van der Waals surface area contributed by atoms with Crippen molar-refractivity contribution in [2.24, 2.45) is 0 Å². The van der Waals surface area contributed by atoms with Gasteiger partial charge in [-0.15, -0.1) is 0 Å². The molecule has 1 atom stereocenters. The molecule has 0 aliphatic heterocycles. The molecule has 0 spiro atoms. The highest BCUT2D eigenvalue weighted by molar-refractivity contribution is 7.60. The third kappa shape index (κ3) is 12.8. The van der Waals surface area contributed by atoms with Crippen molar-refractivity contribution in [1.29, 1.82) is 0 Å². The van der Waals surface area contributed by atoms with Crippen LogP contribution in [0.1, 0.15) is 52.0 Å². The summed E-state index contributed by atoms with van der Waals surface area (Å²) in [5.74, 6) is 0. The molecule has 0 saturated carbocycles. The molecular formula is C20H30O7P2. The summed E-state index contributed by atoms with van der Waals surface area (Å²) < 4.78 is 30.1. The van der Waals surface area contributed by atoms with Gasteiger partial charge in [-0.2, -0.15) is 4.31 Å². The van der Waals surface area contributed by atoms with Gasteiger partial charge in [0.2, 0.25) is 0 Å². The SMILES string of the molecule is C/C(=C\CC/C(C)=C/COP(=O)(O)OP(=O)(O)O)CC/C=C(\C)c1ccccc1. The van der Waals surface area contributed by atoms with Crippen LogP contribution < -0.4 is 0 Å². The van der Waals surface area contributed by atoms with Gasteiger partial charge in [0.25, 0.3) is 0 Å². The van der Waals surface area contributed by atoms with Crippen molar-refractivity contribution < 1.29 is 32.6 Å². The molecular weight excluding hydrogens is 414 g/mol. The minimum Gasteiger partial charge on any atom is -0.302 e. The topological polar surface area (TPSA) is 113 Å². The first-order chi connectivity index (χ1) is 13.5. The van der Waals surface area contributed by atoms with Crippen molar-refractivity contribution in [1.82, 2.24) is 0 Å². The Labute approximate surface area is 172 Å². The second-order valence-corrected chi connectivity index (χ2v) is 9.60. The zero-order valence-electron chi connectivity index (χ0n) is 17.0. The second-order valence-electron chi connectivity index (χ2n) is 6.77. The van der Waals surface area contributed by atoms with E-state index >= 15 is 0 Å². The molecule has 162 valence electrons. The van der Waals surface area contributed by atoms with Crippen molar-refractivity contribution in [3.8, 4) is 0 Å². The first kappa shape index (κ1) is 25.7. The predicted molar refractivity (Wildman–Crippen MR) is 115 cm³/mol. The minimum absolute atomic E-state index is 0.272. The quantitative estimate of drug-likeness (QED) is 0.277. The molecule has 1 aromatic carbocycles. The Balaban J connectivity index is 2.35. The Kier molecular flexibility index (Phi) is 11.0. The van der Waals surface area contributed by atoms with Crippen LogP contribution in [-0.2, 0) is 18.0 Å². The van der Waals surface area contributed by atoms with Gasteiger partial charge in [-0.05, 0) is 57.6 Å². The first-order valence-electron chi connectivity index (χ1n) is 9.26. The maximum absolute atomic E-state index is 11.3. The Morgan fingerprint density at radius 3 is 2.03 bits per heavy atom. The molecule has 0 saturated heterocycles. The number of hydrogen-bond acceptors (Lipinski definition) is 4. The lowest BCUT2D eigenvalue weighted by Gasteiger charge is -2.11. The summed E-state index contributed by atoms with van der Waals surface area (Å²) in [6, 6.07) is 10.3. The zero-order valence-corrected chi connectivity index (χ0v) is 18.8. The Hall–Kier alpha value is -1.30. The Bertz CT molecular complexity index is 822. The summed E-state index contributed by atoms with van der Waals surface area (Å²) in [6.45, 7) is 5.78. The van der Waals surface area contributed by atoms with Crippen LogP contribution in [0, 0.1) is 0 Å². The maximum Gasteiger partial charge on any atom is 0.481 e. The Morgan fingerprint density at radius 1 is 0.897 bits per heavy atom.